The number of guanidine groups is 1. The van der Waals surface area contributed by atoms with Gasteiger partial charge in [-0.25, -0.2) is 5.84 Å². The molecule has 0 aromatic rings. The van der Waals surface area contributed by atoms with Gasteiger partial charge in [0.25, 0.3) is 0 Å². The van der Waals surface area contributed by atoms with Crippen LogP contribution in [-0.4, -0.2) is 55.5 Å². The fraction of sp³-hybridized carbons (Fsp3) is 0.900. The van der Waals surface area contributed by atoms with Crippen molar-refractivity contribution >= 4 is 5.96 Å². The molecular formula is C10H23N5. The highest BCUT2D eigenvalue weighted by Gasteiger charge is 2.22. The zero-order valence-corrected chi connectivity index (χ0v) is 10.0. The van der Waals surface area contributed by atoms with E-state index in [1.807, 2.05) is 0 Å². The van der Waals surface area contributed by atoms with E-state index in [0.29, 0.717) is 6.04 Å². The highest BCUT2D eigenvalue weighted by Crippen LogP contribution is 2.14. The topological polar surface area (TPSA) is 56.9 Å². The second-order valence-electron chi connectivity index (χ2n) is 3.97. The molecule has 0 bridgehead atoms. The highest BCUT2D eigenvalue weighted by atomic mass is 15.4. The van der Waals surface area contributed by atoms with Crippen LogP contribution in [0.2, 0.25) is 0 Å². The van der Waals surface area contributed by atoms with Crippen molar-refractivity contribution in [3.05, 3.63) is 0 Å². The standard InChI is InChI=1S/C10H23N5/c1-4-15-7-5-9(6-8-15)14(3)10(12-2)13-11/h9H,4-8,11H2,1-3H3,(H,12,13). The normalized spacial score (nSPS) is 20.4. The minimum atomic E-state index is 0.558. The van der Waals surface area contributed by atoms with Crippen molar-refractivity contribution in [3.63, 3.8) is 0 Å². The number of aliphatic imine (C=N–C) groups is 1. The summed E-state index contributed by atoms with van der Waals surface area (Å²) in [6, 6.07) is 0.558. The van der Waals surface area contributed by atoms with Gasteiger partial charge < -0.3 is 9.80 Å². The Morgan fingerprint density at radius 3 is 2.53 bits per heavy atom. The maximum atomic E-state index is 5.41. The number of nitrogens with two attached hydrogens (primary N) is 1. The van der Waals surface area contributed by atoms with Crippen LogP contribution in [0.4, 0.5) is 0 Å². The summed E-state index contributed by atoms with van der Waals surface area (Å²) in [6.07, 6.45) is 2.37. The van der Waals surface area contributed by atoms with Crippen LogP contribution in [0.1, 0.15) is 19.8 Å². The number of nitrogens with zero attached hydrogens (tertiary/aromatic N) is 3. The van der Waals surface area contributed by atoms with Gasteiger partial charge in [0.2, 0.25) is 5.96 Å². The number of likely N-dealkylation sites (tertiary alicyclic amines) is 1. The summed E-state index contributed by atoms with van der Waals surface area (Å²) in [4.78, 5) is 8.73. The van der Waals surface area contributed by atoms with Crippen molar-refractivity contribution in [2.24, 2.45) is 10.8 Å². The van der Waals surface area contributed by atoms with E-state index in [1.165, 1.54) is 25.9 Å². The Morgan fingerprint density at radius 2 is 2.13 bits per heavy atom. The van der Waals surface area contributed by atoms with Gasteiger partial charge >= 0.3 is 0 Å². The van der Waals surface area contributed by atoms with E-state index in [2.05, 4.69) is 34.2 Å². The van der Waals surface area contributed by atoms with E-state index in [1.54, 1.807) is 7.05 Å². The lowest BCUT2D eigenvalue weighted by atomic mass is 10.0. The molecule has 5 heteroatoms. The van der Waals surface area contributed by atoms with E-state index in [0.717, 1.165) is 12.5 Å². The molecule has 1 rings (SSSR count). The zero-order chi connectivity index (χ0) is 11.3. The summed E-state index contributed by atoms with van der Waals surface area (Å²) in [5.41, 5.74) is 2.64. The molecule has 1 saturated heterocycles. The Hall–Kier alpha value is -0.810. The number of hydrogen-bond donors (Lipinski definition) is 2. The van der Waals surface area contributed by atoms with Gasteiger partial charge in [-0.2, -0.15) is 0 Å². The highest BCUT2D eigenvalue weighted by molar-refractivity contribution is 5.79. The summed E-state index contributed by atoms with van der Waals surface area (Å²) in [7, 11) is 3.81. The summed E-state index contributed by atoms with van der Waals surface area (Å²) in [5.74, 6) is 6.18. The third-order valence-corrected chi connectivity index (χ3v) is 3.23. The van der Waals surface area contributed by atoms with Crippen LogP contribution in [0.25, 0.3) is 0 Å². The second kappa shape index (κ2) is 5.92. The monoisotopic (exact) mass is 213 g/mol. The van der Waals surface area contributed by atoms with Crippen molar-refractivity contribution in [2.45, 2.75) is 25.8 Å². The van der Waals surface area contributed by atoms with Crippen LogP contribution < -0.4 is 11.3 Å². The molecule has 0 aromatic heterocycles. The average Bonchev–Trinajstić information content (AvgIpc) is 2.30. The minimum Gasteiger partial charge on any atom is -0.342 e. The van der Waals surface area contributed by atoms with Gasteiger partial charge in [0, 0.05) is 33.2 Å². The SMILES string of the molecule is CCN1CCC(N(C)C(=NC)NN)CC1. The first kappa shape index (κ1) is 12.3. The molecule has 0 atom stereocenters. The minimum absolute atomic E-state index is 0.558. The van der Waals surface area contributed by atoms with Crippen LogP contribution in [0, 0.1) is 0 Å². The van der Waals surface area contributed by atoms with Gasteiger partial charge in [-0.05, 0) is 19.4 Å². The smallest absolute Gasteiger partial charge is 0.208 e. The Labute approximate surface area is 92.3 Å². The van der Waals surface area contributed by atoms with Gasteiger partial charge in [-0.1, -0.05) is 6.92 Å². The molecule has 1 aliphatic heterocycles. The third-order valence-electron chi connectivity index (χ3n) is 3.23. The fourth-order valence-electron chi connectivity index (χ4n) is 2.12. The summed E-state index contributed by atoms with van der Waals surface area (Å²) in [6.45, 7) is 5.71. The van der Waals surface area contributed by atoms with Crippen LogP contribution in [0.15, 0.2) is 4.99 Å². The molecule has 0 saturated carbocycles. The number of piperidine rings is 1. The number of hydrogen-bond acceptors (Lipinski definition) is 3. The summed E-state index contributed by atoms with van der Waals surface area (Å²) < 4.78 is 0. The van der Waals surface area contributed by atoms with Gasteiger partial charge in [-0.3, -0.25) is 10.4 Å². The van der Waals surface area contributed by atoms with Gasteiger partial charge in [-0.15, -0.1) is 0 Å². The Bertz CT molecular complexity index is 208. The average molecular weight is 213 g/mol. The first-order chi connectivity index (χ1) is 7.22. The van der Waals surface area contributed by atoms with Crippen LogP contribution >= 0.6 is 0 Å². The molecular weight excluding hydrogens is 190 g/mol. The largest absolute Gasteiger partial charge is 0.342 e. The Balaban J connectivity index is 2.45. The molecule has 0 spiro atoms. The quantitative estimate of drug-likeness (QED) is 0.290. The second-order valence-corrected chi connectivity index (χ2v) is 3.97. The molecule has 15 heavy (non-hydrogen) atoms. The maximum Gasteiger partial charge on any atom is 0.208 e. The predicted octanol–water partition coefficient (Wildman–Crippen LogP) is -0.148. The van der Waals surface area contributed by atoms with Crippen LogP contribution in [-0.2, 0) is 0 Å². The van der Waals surface area contributed by atoms with Crippen molar-refractivity contribution in [3.8, 4) is 0 Å². The first-order valence-electron chi connectivity index (χ1n) is 5.61. The van der Waals surface area contributed by atoms with E-state index in [9.17, 15) is 0 Å². The molecule has 1 fully saturated rings. The molecule has 0 aliphatic carbocycles. The molecule has 1 heterocycles. The molecule has 0 unspecified atom stereocenters. The van der Waals surface area contributed by atoms with Crippen LogP contribution in [0.3, 0.4) is 0 Å². The van der Waals surface area contributed by atoms with Crippen LogP contribution in [0.5, 0.6) is 0 Å². The number of nitrogens with one attached hydrogen (secondary N) is 1. The predicted molar refractivity (Wildman–Crippen MR) is 63.6 cm³/mol. The first-order valence-corrected chi connectivity index (χ1v) is 5.61. The van der Waals surface area contributed by atoms with E-state index < -0.39 is 0 Å². The summed E-state index contributed by atoms with van der Waals surface area (Å²) >= 11 is 0. The van der Waals surface area contributed by atoms with E-state index >= 15 is 0 Å². The van der Waals surface area contributed by atoms with Crippen molar-refractivity contribution < 1.29 is 0 Å². The van der Waals surface area contributed by atoms with Crippen molar-refractivity contribution in [2.75, 3.05) is 33.7 Å². The Morgan fingerprint density at radius 1 is 1.53 bits per heavy atom. The van der Waals surface area contributed by atoms with Crippen molar-refractivity contribution in [1.29, 1.82) is 0 Å². The van der Waals surface area contributed by atoms with Gasteiger partial charge in [0.05, 0.1) is 0 Å². The van der Waals surface area contributed by atoms with E-state index in [-0.39, 0.29) is 0 Å². The maximum absolute atomic E-state index is 5.41. The van der Waals surface area contributed by atoms with E-state index in [4.69, 9.17) is 5.84 Å². The third kappa shape index (κ3) is 3.07. The number of rotatable bonds is 2. The van der Waals surface area contributed by atoms with Gasteiger partial charge in [0.15, 0.2) is 0 Å². The lowest BCUT2D eigenvalue weighted by Crippen LogP contribution is -2.51. The Kier molecular flexibility index (Phi) is 4.84. The molecule has 88 valence electrons. The molecule has 0 aromatic carbocycles. The molecule has 0 radical (unpaired) electrons. The molecule has 3 N–H and O–H groups in total. The number of hydrazine groups is 1. The lowest BCUT2D eigenvalue weighted by Gasteiger charge is -2.37. The molecule has 5 nitrogen and oxygen atoms in total. The zero-order valence-electron chi connectivity index (χ0n) is 10.0. The fourth-order valence-corrected chi connectivity index (χ4v) is 2.12. The van der Waals surface area contributed by atoms with Crippen molar-refractivity contribution in [1.82, 2.24) is 15.2 Å². The molecule has 1 aliphatic rings. The molecule has 0 amide bonds. The lowest BCUT2D eigenvalue weighted by molar-refractivity contribution is 0.169. The summed E-state index contributed by atoms with van der Waals surface area (Å²) in [5, 5.41) is 0. The van der Waals surface area contributed by atoms with Gasteiger partial charge in [0.1, 0.15) is 0 Å².